The molecule has 4 N–H and O–H groups in total. The third-order valence-corrected chi connectivity index (χ3v) is 6.44. The molecule has 0 atom stereocenters. The van der Waals surface area contributed by atoms with Crippen molar-refractivity contribution in [3.05, 3.63) is 41.4 Å². The molecule has 0 aromatic heterocycles. The van der Waals surface area contributed by atoms with Gasteiger partial charge in [0, 0.05) is 22.3 Å². The maximum Gasteiger partial charge on any atom is 0.241 e. The summed E-state index contributed by atoms with van der Waals surface area (Å²) in [5.74, 6) is 0. The Balaban J connectivity index is 1.79. The van der Waals surface area contributed by atoms with Crippen LogP contribution in [0.15, 0.2) is 41.3 Å². The summed E-state index contributed by atoms with van der Waals surface area (Å²) in [7, 11) is -3.53. The lowest BCUT2D eigenvalue weighted by atomic mass is 10.1. The molecule has 0 radical (unpaired) electrons. The number of hydrogen-bond donors (Lipinski definition) is 2. The van der Waals surface area contributed by atoms with Gasteiger partial charge in [-0.25, -0.2) is 13.1 Å². The highest BCUT2D eigenvalue weighted by atomic mass is 35.5. The molecule has 0 aliphatic heterocycles. The van der Waals surface area contributed by atoms with Crippen LogP contribution in [-0.2, 0) is 10.0 Å². The van der Waals surface area contributed by atoms with Crippen LogP contribution in [0.1, 0.15) is 51.4 Å². The van der Waals surface area contributed by atoms with Crippen LogP contribution in [0.4, 0.5) is 0 Å². The molecule has 26 heavy (non-hydrogen) atoms. The molecule has 2 aromatic rings. The average molecular weight is 398 g/mol. The monoisotopic (exact) mass is 397 g/mol. The molecule has 0 amide bonds. The summed E-state index contributed by atoms with van der Waals surface area (Å²) in [6.45, 7) is 1.50. The number of halogens is 1. The predicted octanol–water partition coefficient (Wildman–Crippen LogP) is 4.13. The van der Waals surface area contributed by atoms with Crippen molar-refractivity contribution < 1.29 is 14.2 Å². The Hall–Kier alpha value is -1.14. The summed E-state index contributed by atoms with van der Waals surface area (Å²) < 4.78 is 28.0. The fourth-order valence-corrected chi connectivity index (χ4v) is 4.66. The summed E-state index contributed by atoms with van der Waals surface area (Å²) >= 11 is 6.18. The molecule has 0 saturated carbocycles. The van der Waals surface area contributed by atoms with Gasteiger partial charge in [0.1, 0.15) is 0 Å². The summed E-state index contributed by atoms with van der Waals surface area (Å²) in [5, 5.41) is 1.99. The van der Waals surface area contributed by atoms with E-state index in [1.54, 1.807) is 30.3 Å². The van der Waals surface area contributed by atoms with E-state index in [4.69, 9.17) is 11.6 Å². The van der Waals surface area contributed by atoms with Crippen molar-refractivity contribution in [1.82, 2.24) is 4.72 Å². The number of rotatable bonds is 12. The van der Waals surface area contributed by atoms with E-state index in [1.807, 2.05) is 6.07 Å². The number of benzene rings is 2. The normalized spacial score (nSPS) is 11.9. The minimum Gasteiger partial charge on any atom is -0.358 e. The number of fused-ring (bicyclic) bond motifs is 1. The second kappa shape index (κ2) is 10.9. The number of quaternary nitrogens is 1. The molecular weight excluding hydrogens is 368 g/mol. The van der Waals surface area contributed by atoms with E-state index in [-0.39, 0.29) is 0 Å². The van der Waals surface area contributed by atoms with Crippen LogP contribution < -0.4 is 10.5 Å². The Bertz CT molecular complexity index is 793. The summed E-state index contributed by atoms with van der Waals surface area (Å²) in [6, 6.07) is 10.6. The lowest BCUT2D eigenvalue weighted by Crippen LogP contribution is -2.50. The van der Waals surface area contributed by atoms with Gasteiger partial charge in [-0.3, -0.25) is 0 Å². The molecule has 2 aromatic carbocycles. The highest BCUT2D eigenvalue weighted by Gasteiger charge is 2.17. The van der Waals surface area contributed by atoms with E-state index < -0.39 is 10.0 Å². The first-order valence-corrected chi connectivity index (χ1v) is 11.4. The van der Waals surface area contributed by atoms with E-state index >= 15 is 0 Å². The maximum atomic E-state index is 12.6. The minimum atomic E-state index is -3.53. The zero-order chi connectivity index (χ0) is 18.8. The van der Waals surface area contributed by atoms with Gasteiger partial charge in [-0.05, 0) is 31.4 Å². The molecule has 0 bridgehead atoms. The first-order chi connectivity index (χ1) is 12.6. The Morgan fingerprint density at radius 1 is 0.808 bits per heavy atom. The molecule has 0 spiro atoms. The highest BCUT2D eigenvalue weighted by Crippen LogP contribution is 2.28. The molecule has 2 rings (SSSR count). The molecule has 4 nitrogen and oxygen atoms in total. The predicted molar refractivity (Wildman–Crippen MR) is 109 cm³/mol. The molecule has 6 heteroatoms. The minimum absolute atomic E-state index is 0.294. The molecule has 0 heterocycles. The van der Waals surface area contributed by atoms with E-state index in [2.05, 4.69) is 10.5 Å². The van der Waals surface area contributed by atoms with Crippen molar-refractivity contribution in [3.8, 4) is 0 Å². The van der Waals surface area contributed by atoms with Gasteiger partial charge >= 0.3 is 0 Å². The summed E-state index contributed by atoms with van der Waals surface area (Å²) in [6.07, 6.45) is 9.36. The first kappa shape index (κ1) is 21.2. The van der Waals surface area contributed by atoms with Gasteiger partial charge in [-0.15, -0.1) is 0 Å². The third kappa shape index (κ3) is 6.23. The molecule has 0 aliphatic rings. The van der Waals surface area contributed by atoms with E-state index in [1.165, 1.54) is 32.1 Å². The smallest absolute Gasteiger partial charge is 0.241 e. The van der Waals surface area contributed by atoms with E-state index in [9.17, 15) is 8.42 Å². The van der Waals surface area contributed by atoms with Crippen LogP contribution in [0.2, 0.25) is 5.02 Å². The summed E-state index contributed by atoms with van der Waals surface area (Å²) in [5.41, 5.74) is 3.85. The van der Waals surface area contributed by atoms with Gasteiger partial charge in [0.05, 0.1) is 11.4 Å². The van der Waals surface area contributed by atoms with Crippen LogP contribution >= 0.6 is 11.6 Å². The summed E-state index contributed by atoms with van der Waals surface area (Å²) in [4.78, 5) is 0.294. The van der Waals surface area contributed by atoms with Crippen molar-refractivity contribution in [3.63, 3.8) is 0 Å². The Morgan fingerprint density at radius 3 is 2.08 bits per heavy atom. The van der Waals surface area contributed by atoms with Gasteiger partial charge in [-0.2, -0.15) is 0 Å². The molecular formula is C20H30ClN2O2S+. The van der Waals surface area contributed by atoms with Crippen LogP contribution in [0.5, 0.6) is 0 Å². The average Bonchev–Trinajstić information content (AvgIpc) is 2.63. The van der Waals surface area contributed by atoms with Crippen molar-refractivity contribution >= 4 is 32.4 Å². The zero-order valence-electron chi connectivity index (χ0n) is 15.3. The molecule has 0 unspecified atom stereocenters. The number of hydrogen-bond acceptors (Lipinski definition) is 2. The first-order valence-electron chi connectivity index (χ1n) is 9.52. The van der Waals surface area contributed by atoms with Crippen LogP contribution in [0.25, 0.3) is 10.8 Å². The van der Waals surface area contributed by atoms with Crippen LogP contribution in [0, 0.1) is 0 Å². The van der Waals surface area contributed by atoms with Gasteiger partial charge in [0.15, 0.2) is 0 Å². The SMILES string of the molecule is [NH3+]CCCCCCCCCCNS(=O)(=O)c1cccc2c(Cl)cccc12. The molecule has 0 aliphatic carbocycles. The molecule has 144 valence electrons. The van der Waals surface area contributed by atoms with Gasteiger partial charge in [-0.1, -0.05) is 68.0 Å². The fraction of sp³-hybridized carbons (Fsp3) is 0.500. The van der Waals surface area contributed by atoms with Crippen molar-refractivity contribution in [1.29, 1.82) is 0 Å². The van der Waals surface area contributed by atoms with Crippen LogP contribution in [-0.4, -0.2) is 21.5 Å². The van der Waals surface area contributed by atoms with Gasteiger partial charge < -0.3 is 5.73 Å². The molecule has 0 fully saturated rings. The lowest BCUT2D eigenvalue weighted by molar-refractivity contribution is -0.368. The zero-order valence-corrected chi connectivity index (χ0v) is 16.9. The Morgan fingerprint density at radius 2 is 1.38 bits per heavy atom. The lowest BCUT2D eigenvalue weighted by Gasteiger charge is -2.10. The number of unbranched alkanes of at least 4 members (excludes halogenated alkanes) is 7. The largest absolute Gasteiger partial charge is 0.358 e. The number of nitrogens with one attached hydrogen (secondary N) is 1. The van der Waals surface area contributed by atoms with E-state index in [0.717, 1.165) is 31.2 Å². The topological polar surface area (TPSA) is 73.8 Å². The quantitative estimate of drug-likeness (QED) is 0.528. The van der Waals surface area contributed by atoms with Gasteiger partial charge in [0.2, 0.25) is 10.0 Å². The van der Waals surface area contributed by atoms with Crippen molar-refractivity contribution in [2.45, 2.75) is 56.3 Å². The Labute approximate surface area is 162 Å². The van der Waals surface area contributed by atoms with E-state index in [0.29, 0.717) is 21.8 Å². The second-order valence-electron chi connectivity index (χ2n) is 6.67. The Kier molecular flexibility index (Phi) is 8.85. The van der Waals surface area contributed by atoms with Crippen molar-refractivity contribution in [2.75, 3.05) is 13.1 Å². The maximum absolute atomic E-state index is 12.6. The van der Waals surface area contributed by atoms with Crippen LogP contribution in [0.3, 0.4) is 0 Å². The van der Waals surface area contributed by atoms with Crippen molar-refractivity contribution in [2.24, 2.45) is 0 Å². The second-order valence-corrected chi connectivity index (χ2v) is 8.81. The highest BCUT2D eigenvalue weighted by molar-refractivity contribution is 7.89. The van der Waals surface area contributed by atoms with Gasteiger partial charge in [0.25, 0.3) is 0 Å². The molecule has 0 saturated heterocycles. The standard InChI is InChI=1S/C20H29ClN2O2S/c21-19-13-9-12-18-17(19)11-10-14-20(18)26(24,25)23-16-8-6-4-2-1-3-5-7-15-22/h9-14,23H,1-8,15-16,22H2/p+1. The third-order valence-electron chi connectivity index (χ3n) is 4.59. The fourth-order valence-electron chi connectivity index (χ4n) is 3.12. The number of sulfonamides is 1.